The molecule has 1 saturated carbocycles. The Kier molecular flexibility index (Phi) is 4.14. The summed E-state index contributed by atoms with van der Waals surface area (Å²) in [7, 11) is 0. The molecule has 20 heavy (non-hydrogen) atoms. The lowest BCUT2D eigenvalue weighted by Crippen LogP contribution is -2.27. The third-order valence-corrected chi connectivity index (χ3v) is 5.67. The van der Waals surface area contributed by atoms with Crippen molar-refractivity contribution in [2.75, 3.05) is 11.1 Å². The van der Waals surface area contributed by atoms with Crippen molar-refractivity contribution >= 4 is 44.5 Å². The van der Waals surface area contributed by atoms with Gasteiger partial charge in [-0.25, -0.2) is 9.97 Å². The van der Waals surface area contributed by atoms with Crippen LogP contribution in [0.3, 0.4) is 0 Å². The molecule has 0 aliphatic heterocycles. The van der Waals surface area contributed by atoms with Crippen LogP contribution >= 0.6 is 34.3 Å². The smallest absolute Gasteiger partial charge is 0.183 e. The van der Waals surface area contributed by atoms with Gasteiger partial charge in [0.2, 0.25) is 0 Å². The number of aromatic nitrogens is 2. The fourth-order valence-electron chi connectivity index (χ4n) is 2.54. The van der Waals surface area contributed by atoms with Gasteiger partial charge in [0.05, 0.1) is 16.3 Å². The van der Waals surface area contributed by atoms with E-state index in [1.165, 1.54) is 24.2 Å². The van der Waals surface area contributed by atoms with Crippen molar-refractivity contribution in [3.05, 3.63) is 11.1 Å². The summed E-state index contributed by atoms with van der Waals surface area (Å²) >= 11 is 9.34. The van der Waals surface area contributed by atoms with E-state index in [1.807, 2.05) is 6.92 Å². The van der Waals surface area contributed by atoms with Crippen molar-refractivity contribution < 1.29 is 0 Å². The van der Waals surface area contributed by atoms with Gasteiger partial charge in [-0.05, 0) is 32.6 Å². The minimum absolute atomic E-state index is 0.296. The van der Waals surface area contributed by atoms with Gasteiger partial charge in [-0.3, -0.25) is 0 Å². The van der Waals surface area contributed by atoms with Gasteiger partial charge in [-0.1, -0.05) is 11.3 Å². The van der Waals surface area contributed by atoms with Gasteiger partial charge in [0, 0.05) is 16.8 Å². The zero-order valence-electron chi connectivity index (χ0n) is 11.2. The Balaban J connectivity index is 1.72. The number of thiazole rings is 2. The molecule has 3 rings (SSSR count). The third-order valence-electron chi connectivity index (χ3n) is 3.49. The second-order valence-corrected chi connectivity index (χ2v) is 7.62. The third kappa shape index (κ3) is 3.07. The predicted octanol–water partition coefficient (Wildman–Crippen LogP) is 4.12. The summed E-state index contributed by atoms with van der Waals surface area (Å²) < 4.78 is 0. The van der Waals surface area contributed by atoms with E-state index in [9.17, 15) is 0 Å². The lowest BCUT2D eigenvalue weighted by atomic mass is 9.95. The van der Waals surface area contributed by atoms with Crippen molar-refractivity contribution in [1.29, 1.82) is 0 Å². The maximum Gasteiger partial charge on any atom is 0.183 e. The molecule has 4 nitrogen and oxygen atoms in total. The molecule has 2 heterocycles. The van der Waals surface area contributed by atoms with Crippen molar-refractivity contribution in [3.8, 4) is 10.6 Å². The van der Waals surface area contributed by atoms with E-state index in [2.05, 4.69) is 20.7 Å². The van der Waals surface area contributed by atoms with Crippen LogP contribution in [0.25, 0.3) is 10.6 Å². The van der Waals surface area contributed by atoms with Gasteiger partial charge in [0.15, 0.2) is 10.3 Å². The summed E-state index contributed by atoms with van der Waals surface area (Å²) in [5.74, 6) is 0. The molecule has 2 aromatic heterocycles. The van der Waals surface area contributed by atoms with Crippen molar-refractivity contribution in [3.63, 3.8) is 0 Å². The largest absolute Gasteiger partial charge is 0.375 e. The number of nitrogens with two attached hydrogens (primary N) is 1. The SMILES string of the molecule is Cc1nc(N)sc1-c1csc(NC2CCCC(Cl)C2)n1. The maximum atomic E-state index is 6.22. The Hall–Kier alpha value is -0.850. The summed E-state index contributed by atoms with van der Waals surface area (Å²) in [5, 5.41) is 7.41. The van der Waals surface area contributed by atoms with Gasteiger partial charge in [0.25, 0.3) is 0 Å². The molecule has 2 aromatic rings. The number of hydrogen-bond donors (Lipinski definition) is 2. The van der Waals surface area contributed by atoms with Crippen LogP contribution in [0.2, 0.25) is 0 Å². The number of hydrogen-bond acceptors (Lipinski definition) is 6. The van der Waals surface area contributed by atoms with Crippen molar-refractivity contribution in [2.45, 2.75) is 44.0 Å². The first kappa shape index (κ1) is 14.1. The molecule has 7 heteroatoms. The average molecular weight is 329 g/mol. The lowest BCUT2D eigenvalue weighted by molar-refractivity contribution is 0.468. The Bertz CT molecular complexity index is 595. The minimum atomic E-state index is 0.296. The Labute approximate surface area is 131 Å². The van der Waals surface area contributed by atoms with E-state index in [4.69, 9.17) is 17.3 Å². The molecular weight excluding hydrogens is 312 g/mol. The maximum absolute atomic E-state index is 6.22. The molecule has 1 aliphatic rings. The molecule has 1 aliphatic carbocycles. The van der Waals surface area contributed by atoms with Crippen LogP contribution in [0.1, 0.15) is 31.4 Å². The molecule has 0 saturated heterocycles. The predicted molar refractivity (Wildman–Crippen MR) is 87.9 cm³/mol. The fourth-order valence-corrected chi connectivity index (χ4v) is 4.55. The fraction of sp³-hybridized carbons (Fsp3) is 0.538. The minimum Gasteiger partial charge on any atom is -0.375 e. The normalized spacial score (nSPS) is 22.9. The second kappa shape index (κ2) is 5.87. The number of nitrogen functional groups attached to an aromatic ring is 1. The lowest BCUT2D eigenvalue weighted by Gasteiger charge is -2.25. The molecule has 108 valence electrons. The topological polar surface area (TPSA) is 63.8 Å². The van der Waals surface area contributed by atoms with E-state index in [0.717, 1.165) is 34.2 Å². The van der Waals surface area contributed by atoms with Gasteiger partial charge in [0.1, 0.15) is 0 Å². The molecule has 0 bridgehead atoms. The number of halogens is 1. The molecule has 1 fully saturated rings. The first-order chi connectivity index (χ1) is 9.61. The number of nitrogens with one attached hydrogen (secondary N) is 1. The first-order valence-corrected chi connectivity index (χ1v) is 8.84. The molecule has 0 radical (unpaired) electrons. The van der Waals surface area contributed by atoms with Crippen LogP contribution in [0.4, 0.5) is 10.3 Å². The van der Waals surface area contributed by atoms with Gasteiger partial charge in [-0.15, -0.1) is 22.9 Å². The summed E-state index contributed by atoms with van der Waals surface area (Å²) in [6, 6.07) is 0.442. The van der Waals surface area contributed by atoms with Crippen molar-refractivity contribution in [2.24, 2.45) is 0 Å². The van der Waals surface area contributed by atoms with Crippen LogP contribution in [0.5, 0.6) is 0 Å². The highest BCUT2D eigenvalue weighted by atomic mass is 35.5. The van der Waals surface area contributed by atoms with E-state index in [1.54, 1.807) is 11.3 Å². The summed E-state index contributed by atoms with van der Waals surface area (Å²) in [6.07, 6.45) is 4.50. The monoisotopic (exact) mass is 328 g/mol. The van der Waals surface area contributed by atoms with E-state index < -0.39 is 0 Å². The van der Waals surface area contributed by atoms with Gasteiger partial charge >= 0.3 is 0 Å². The van der Waals surface area contributed by atoms with Gasteiger partial charge < -0.3 is 11.1 Å². The zero-order chi connectivity index (χ0) is 14.1. The zero-order valence-corrected chi connectivity index (χ0v) is 13.6. The molecule has 2 atom stereocenters. The first-order valence-electron chi connectivity index (χ1n) is 6.71. The number of rotatable bonds is 3. The average Bonchev–Trinajstić information content (AvgIpc) is 2.96. The van der Waals surface area contributed by atoms with Crippen LogP contribution in [-0.2, 0) is 0 Å². The number of aryl methyl sites for hydroxylation is 1. The highest BCUT2D eigenvalue weighted by Crippen LogP contribution is 2.34. The standard InChI is InChI=1S/C13H17ClN4S2/c1-7-11(20-12(15)16-7)10-6-19-13(18-10)17-9-4-2-3-8(14)5-9/h6,8-9H,2-5H2,1H3,(H2,15,16)(H,17,18). The van der Waals surface area contributed by atoms with Crippen LogP contribution in [0, 0.1) is 6.92 Å². The molecule has 3 N–H and O–H groups in total. The number of nitrogens with zero attached hydrogens (tertiary/aromatic N) is 2. The second-order valence-electron chi connectivity index (χ2n) is 5.11. The Morgan fingerprint density at radius 1 is 1.40 bits per heavy atom. The summed E-state index contributed by atoms with van der Waals surface area (Å²) in [4.78, 5) is 9.96. The van der Waals surface area contributed by atoms with Crippen LogP contribution < -0.4 is 11.1 Å². The van der Waals surface area contributed by atoms with E-state index >= 15 is 0 Å². The van der Waals surface area contributed by atoms with Crippen molar-refractivity contribution in [1.82, 2.24) is 9.97 Å². The number of alkyl halides is 1. The Morgan fingerprint density at radius 2 is 2.25 bits per heavy atom. The quantitative estimate of drug-likeness (QED) is 0.832. The van der Waals surface area contributed by atoms with E-state index in [-0.39, 0.29) is 0 Å². The highest BCUT2D eigenvalue weighted by Gasteiger charge is 2.21. The van der Waals surface area contributed by atoms with Gasteiger partial charge in [-0.2, -0.15) is 0 Å². The number of anilines is 2. The molecule has 0 spiro atoms. The van der Waals surface area contributed by atoms with E-state index in [0.29, 0.717) is 16.6 Å². The highest BCUT2D eigenvalue weighted by molar-refractivity contribution is 7.19. The van der Waals surface area contributed by atoms with Crippen LogP contribution in [0.15, 0.2) is 5.38 Å². The van der Waals surface area contributed by atoms with Crippen LogP contribution in [-0.4, -0.2) is 21.4 Å². The molecule has 2 unspecified atom stereocenters. The molecule has 0 amide bonds. The summed E-state index contributed by atoms with van der Waals surface area (Å²) in [5.41, 5.74) is 7.65. The molecule has 0 aromatic carbocycles. The summed E-state index contributed by atoms with van der Waals surface area (Å²) in [6.45, 7) is 1.97. The Morgan fingerprint density at radius 3 is 2.95 bits per heavy atom. The molecular formula is C13H17ClN4S2.